The van der Waals surface area contributed by atoms with E-state index < -0.39 is 0 Å². The Morgan fingerprint density at radius 2 is 2.27 bits per heavy atom. The largest absolute Gasteiger partial charge is 0.360 e. The molecule has 0 spiro atoms. The molecule has 0 fully saturated rings. The van der Waals surface area contributed by atoms with Gasteiger partial charge in [-0.25, -0.2) is 0 Å². The Morgan fingerprint density at radius 3 is 2.93 bits per heavy atom. The van der Waals surface area contributed by atoms with Crippen molar-refractivity contribution in [2.75, 3.05) is 0 Å². The van der Waals surface area contributed by atoms with E-state index in [4.69, 9.17) is 0 Å². The van der Waals surface area contributed by atoms with Crippen LogP contribution in [0.3, 0.4) is 0 Å². The summed E-state index contributed by atoms with van der Waals surface area (Å²) in [4.78, 5) is 25.1. The third-order valence-electron chi connectivity index (χ3n) is 2.48. The predicted octanol–water partition coefficient (Wildman–Crippen LogP) is 2.57. The molecule has 1 N–H and O–H groups in total. The second-order valence-corrected chi connectivity index (χ2v) is 3.40. The smallest absolute Gasteiger partial charge is 0.162 e. The van der Waals surface area contributed by atoms with E-state index in [0.717, 1.165) is 17.2 Å². The van der Waals surface area contributed by atoms with Gasteiger partial charge in [0.1, 0.15) is 0 Å². The van der Waals surface area contributed by atoms with Crippen molar-refractivity contribution >= 4 is 23.0 Å². The van der Waals surface area contributed by atoms with Gasteiger partial charge < -0.3 is 4.98 Å². The molecule has 2 aromatic rings. The average Bonchev–Trinajstić information content (AvgIpc) is 2.69. The molecule has 0 bridgehead atoms. The van der Waals surface area contributed by atoms with Gasteiger partial charge in [0.05, 0.1) is 0 Å². The van der Waals surface area contributed by atoms with Crippen molar-refractivity contribution in [1.82, 2.24) is 4.98 Å². The Hall–Kier alpha value is -1.90. The lowest BCUT2D eigenvalue weighted by molar-refractivity contribution is 0.0988. The molecule has 2 rings (SSSR count). The number of H-pyrrole nitrogens is 1. The number of rotatable bonds is 3. The summed E-state index contributed by atoms with van der Waals surface area (Å²) in [5.41, 5.74) is 2.14. The summed E-state index contributed by atoms with van der Waals surface area (Å²) in [7, 11) is 0. The quantitative estimate of drug-likeness (QED) is 0.612. The molecule has 0 unspecified atom stereocenters. The molecule has 0 aliphatic rings. The van der Waals surface area contributed by atoms with E-state index in [1.165, 1.54) is 0 Å². The SMILES string of the molecule is CCC(=O)c1ccc2c(C=O)c[nH]c2c1. The topological polar surface area (TPSA) is 49.9 Å². The van der Waals surface area contributed by atoms with Gasteiger partial charge in [0.2, 0.25) is 0 Å². The number of carbonyl (C=O) groups excluding carboxylic acids is 2. The highest BCUT2D eigenvalue weighted by Gasteiger charge is 2.07. The van der Waals surface area contributed by atoms with E-state index >= 15 is 0 Å². The number of aromatic nitrogens is 1. The third-order valence-corrected chi connectivity index (χ3v) is 2.48. The van der Waals surface area contributed by atoms with Crippen LogP contribution in [0.15, 0.2) is 24.4 Å². The molecule has 1 heterocycles. The van der Waals surface area contributed by atoms with Gasteiger partial charge in [0.15, 0.2) is 12.1 Å². The molecule has 0 aliphatic carbocycles. The van der Waals surface area contributed by atoms with Gasteiger partial charge in [-0.05, 0) is 6.07 Å². The number of fused-ring (bicyclic) bond motifs is 1. The van der Waals surface area contributed by atoms with E-state index in [-0.39, 0.29) is 5.78 Å². The van der Waals surface area contributed by atoms with Gasteiger partial charge in [0, 0.05) is 34.6 Å². The highest BCUT2D eigenvalue weighted by Crippen LogP contribution is 2.18. The van der Waals surface area contributed by atoms with Crippen molar-refractivity contribution in [3.8, 4) is 0 Å². The number of hydrogen-bond donors (Lipinski definition) is 1. The number of nitrogens with one attached hydrogen (secondary N) is 1. The van der Waals surface area contributed by atoms with Gasteiger partial charge in [-0.2, -0.15) is 0 Å². The van der Waals surface area contributed by atoms with E-state index in [0.29, 0.717) is 17.5 Å². The van der Waals surface area contributed by atoms with Crippen LogP contribution in [0.5, 0.6) is 0 Å². The first-order chi connectivity index (χ1) is 7.26. The number of aromatic amines is 1. The van der Waals surface area contributed by atoms with Crippen LogP contribution in [-0.4, -0.2) is 17.1 Å². The number of Topliss-reactive ketones (excluding diaryl/α,β-unsaturated/α-hetero) is 1. The minimum Gasteiger partial charge on any atom is -0.360 e. The van der Waals surface area contributed by atoms with Crippen molar-refractivity contribution in [3.63, 3.8) is 0 Å². The Balaban J connectivity index is 2.58. The zero-order valence-corrected chi connectivity index (χ0v) is 8.41. The molecule has 0 radical (unpaired) electrons. The van der Waals surface area contributed by atoms with Gasteiger partial charge >= 0.3 is 0 Å². The third kappa shape index (κ3) is 1.56. The van der Waals surface area contributed by atoms with Crippen molar-refractivity contribution in [1.29, 1.82) is 0 Å². The summed E-state index contributed by atoms with van der Waals surface area (Å²) in [6, 6.07) is 5.35. The fourth-order valence-electron chi connectivity index (χ4n) is 1.62. The second kappa shape index (κ2) is 3.69. The van der Waals surface area contributed by atoms with Crippen LogP contribution >= 0.6 is 0 Å². The average molecular weight is 201 g/mol. The summed E-state index contributed by atoms with van der Waals surface area (Å²) >= 11 is 0. The maximum absolute atomic E-state index is 11.5. The molecule has 76 valence electrons. The summed E-state index contributed by atoms with van der Waals surface area (Å²) in [6.07, 6.45) is 2.95. The normalized spacial score (nSPS) is 10.5. The van der Waals surface area contributed by atoms with Crippen LogP contribution in [0, 0.1) is 0 Å². The molecule has 0 amide bonds. The van der Waals surface area contributed by atoms with Crippen LogP contribution in [0.2, 0.25) is 0 Å². The summed E-state index contributed by atoms with van der Waals surface area (Å²) in [5, 5.41) is 0.859. The van der Waals surface area contributed by atoms with Gasteiger partial charge in [0.25, 0.3) is 0 Å². The van der Waals surface area contributed by atoms with Crippen LogP contribution in [0.1, 0.15) is 34.1 Å². The molecular formula is C12H11NO2. The van der Waals surface area contributed by atoms with E-state index in [1.807, 2.05) is 6.92 Å². The van der Waals surface area contributed by atoms with Crippen LogP contribution in [0.4, 0.5) is 0 Å². The molecule has 0 saturated heterocycles. The van der Waals surface area contributed by atoms with Crippen molar-refractivity contribution in [2.45, 2.75) is 13.3 Å². The van der Waals surface area contributed by atoms with E-state index in [2.05, 4.69) is 4.98 Å². The predicted molar refractivity (Wildman–Crippen MR) is 58.3 cm³/mol. The minimum absolute atomic E-state index is 0.110. The molecule has 1 aromatic carbocycles. The lowest BCUT2D eigenvalue weighted by Gasteiger charge is -1.97. The fraction of sp³-hybridized carbons (Fsp3) is 0.167. The molecule has 3 nitrogen and oxygen atoms in total. The fourth-order valence-corrected chi connectivity index (χ4v) is 1.62. The van der Waals surface area contributed by atoms with Crippen LogP contribution < -0.4 is 0 Å². The summed E-state index contributed by atoms with van der Waals surface area (Å²) in [5.74, 6) is 0.110. The van der Waals surface area contributed by atoms with Gasteiger partial charge in [-0.1, -0.05) is 19.1 Å². The summed E-state index contributed by atoms with van der Waals surface area (Å²) < 4.78 is 0. The highest BCUT2D eigenvalue weighted by atomic mass is 16.1. The van der Waals surface area contributed by atoms with Crippen LogP contribution in [0.25, 0.3) is 10.9 Å². The highest BCUT2D eigenvalue weighted by molar-refractivity contribution is 6.02. The molecule has 15 heavy (non-hydrogen) atoms. The maximum Gasteiger partial charge on any atom is 0.162 e. The zero-order chi connectivity index (χ0) is 10.8. The van der Waals surface area contributed by atoms with Gasteiger partial charge in [-0.15, -0.1) is 0 Å². The molecule has 0 saturated carbocycles. The standard InChI is InChI=1S/C12H11NO2/c1-2-12(15)8-3-4-10-9(7-14)6-13-11(10)5-8/h3-7,13H,2H2,1H3. The Bertz CT molecular complexity index is 525. The maximum atomic E-state index is 11.5. The Labute approximate surface area is 87.1 Å². The first kappa shape index (κ1) is 9.65. The number of benzene rings is 1. The van der Waals surface area contributed by atoms with E-state index in [9.17, 15) is 9.59 Å². The van der Waals surface area contributed by atoms with Crippen molar-refractivity contribution in [3.05, 3.63) is 35.5 Å². The van der Waals surface area contributed by atoms with E-state index in [1.54, 1.807) is 24.4 Å². The molecule has 0 aliphatic heterocycles. The number of aldehydes is 1. The molecule has 3 heteroatoms. The Morgan fingerprint density at radius 1 is 1.47 bits per heavy atom. The molecular weight excluding hydrogens is 190 g/mol. The number of carbonyl (C=O) groups is 2. The van der Waals surface area contributed by atoms with Crippen molar-refractivity contribution in [2.24, 2.45) is 0 Å². The first-order valence-corrected chi connectivity index (χ1v) is 4.85. The number of hydrogen-bond acceptors (Lipinski definition) is 2. The minimum atomic E-state index is 0.110. The summed E-state index contributed by atoms with van der Waals surface area (Å²) in [6.45, 7) is 1.83. The van der Waals surface area contributed by atoms with Crippen LogP contribution in [-0.2, 0) is 0 Å². The number of ketones is 1. The molecule has 0 atom stereocenters. The first-order valence-electron chi connectivity index (χ1n) is 4.85. The zero-order valence-electron chi connectivity index (χ0n) is 8.41. The molecule has 1 aromatic heterocycles. The second-order valence-electron chi connectivity index (χ2n) is 3.40. The Kier molecular flexibility index (Phi) is 2.37. The van der Waals surface area contributed by atoms with Gasteiger partial charge in [-0.3, -0.25) is 9.59 Å². The lowest BCUT2D eigenvalue weighted by Crippen LogP contribution is -1.95. The lowest BCUT2D eigenvalue weighted by atomic mass is 10.1. The van der Waals surface area contributed by atoms with Crippen molar-refractivity contribution < 1.29 is 9.59 Å². The monoisotopic (exact) mass is 201 g/mol.